The molecule has 0 aliphatic rings. The predicted molar refractivity (Wildman–Crippen MR) is 90.6 cm³/mol. The van der Waals surface area contributed by atoms with Crippen LogP contribution in [0.4, 0.5) is 4.79 Å². The minimum Gasteiger partial charge on any atom is -0.443 e. The van der Waals surface area contributed by atoms with E-state index in [-0.39, 0.29) is 12.3 Å². The molecule has 1 rings (SSSR count). The van der Waals surface area contributed by atoms with E-state index in [2.05, 4.69) is 42.6 Å². The van der Waals surface area contributed by atoms with Crippen LogP contribution in [0.1, 0.15) is 26.3 Å². The number of amides is 2. The molecule has 0 saturated carbocycles. The van der Waals surface area contributed by atoms with Gasteiger partial charge in [-0.2, -0.15) is 0 Å². The molecular weight excluding hydrogens is 296 g/mol. The number of hydrogen-bond acceptors (Lipinski definition) is 3. The first-order chi connectivity index (χ1) is 9.97. The third kappa shape index (κ3) is 6.75. The summed E-state index contributed by atoms with van der Waals surface area (Å²) in [5.74, 6) is -0.286. The van der Waals surface area contributed by atoms with E-state index in [4.69, 9.17) is 4.74 Å². The topological polar surface area (TPSA) is 67.4 Å². The zero-order valence-corrected chi connectivity index (χ0v) is 15.2. The lowest BCUT2D eigenvalue weighted by atomic mass is 10.1. The molecule has 1 aromatic rings. The van der Waals surface area contributed by atoms with E-state index >= 15 is 0 Å². The lowest BCUT2D eigenvalue weighted by Gasteiger charge is -2.19. The first kappa shape index (κ1) is 18.2. The molecule has 0 saturated heterocycles. The summed E-state index contributed by atoms with van der Waals surface area (Å²) in [6.07, 6.45) is -0.461. The Morgan fingerprint density at radius 3 is 2.05 bits per heavy atom. The van der Waals surface area contributed by atoms with Gasteiger partial charge in [-0.25, -0.2) is 10.2 Å². The molecule has 122 valence electrons. The molecule has 5 nitrogen and oxygen atoms in total. The molecule has 0 aliphatic carbocycles. The van der Waals surface area contributed by atoms with Gasteiger partial charge < -0.3 is 4.74 Å². The van der Waals surface area contributed by atoms with Crippen molar-refractivity contribution in [3.8, 4) is 0 Å². The molecule has 0 spiro atoms. The molecule has 0 fully saturated rings. The highest BCUT2D eigenvalue weighted by Crippen LogP contribution is 2.06. The molecule has 6 heteroatoms. The summed E-state index contributed by atoms with van der Waals surface area (Å²) in [6, 6.07) is 8.08. The largest absolute Gasteiger partial charge is 0.443 e. The Labute approximate surface area is 133 Å². The van der Waals surface area contributed by atoms with Crippen molar-refractivity contribution in [2.45, 2.75) is 52.4 Å². The maximum Gasteiger partial charge on any atom is 0.426 e. The van der Waals surface area contributed by atoms with Crippen molar-refractivity contribution in [1.29, 1.82) is 0 Å². The van der Waals surface area contributed by atoms with Gasteiger partial charge in [0.2, 0.25) is 5.91 Å². The third-order valence-corrected chi connectivity index (χ3v) is 4.95. The second-order valence-electron chi connectivity index (χ2n) is 7.30. The molecule has 1 aromatic carbocycles. The second kappa shape index (κ2) is 6.96. The van der Waals surface area contributed by atoms with Crippen LogP contribution in [0.2, 0.25) is 19.6 Å². The number of rotatable bonds is 3. The van der Waals surface area contributed by atoms with Crippen LogP contribution in [0.15, 0.2) is 24.3 Å². The van der Waals surface area contributed by atoms with E-state index in [1.807, 2.05) is 12.1 Å². The van der Waals surface area contributed by atoms with Crippen molar-refractivity contribution in [2.24, 2.45) is 0 Å². The Kier molecular flexibility index (Phi) is 5.76. The lowest BCUT2D eigenvalue weighted by Crippen LogP contribution is -2.44. The van der Waals surface area contributed by atoms with Crippen molar-refractivity contribution in [2.75, 3.05) is 0 Å². The number of ether oxygens (including phenoxy) is 1. The molecule has 0 bridgehead atoms. The standard InChI is InChI=1S/C16H26N2O3Si/c1-16(2,3)21-15(20)18-17-14(19)11-12-7-9-13(10-8-12)22(4,5)6/h7-10H,11H2,1-6H3,(H,17,19)(H,18,20). The maximum absolute atomic E-state index is 11.8. The first-order valence-electron chi connectivity index (χ1n) is 7.34. The van der Waals surface area contributed by atoms with Crippen LogP contribution in [-0.4, -0.2) is 25.7 Å². The summed E-state index contributed by atoms with van der Waals surface area (Å²) in [6.45, 7) is 12.1. The van der Waals surface area contributed by atoms with Gasteiger partial charge in [0.1, 0.15) is 5.60 Å². The quantitative estimate of drug-likeness (QED) is 0.663. The molecule has 2 N–H and O–H groups in total. The molecule has 0 aliphatic heterocycles. The van der Waals surface area contributed by atoms with Crippen LogP contribution in [-0.2, 0) is 16.0 Å². The molecule has 22 heavy (non-hydrogen) atoms. The van der Waals surface area contributed by atoms with Gasteiger partial charge in [-0.05, 0) is 26.3 Å². The fourth-order valence-corrected chi connectivity index (χ4v) is 2.94. The fourth-order valence-electron chi connectivity index (χ4n) is 1.78. The van der Waals surface area contributed by atoms with Gasteiger partial charge in [-0.1, -0.05) is 49.1 Å². The molecular formula is C16H26N2O3Si. The van der Waals surface area contributed by atoms with Crippen LogP contribution in [0, 0.1) is 0 Å². The number of carbonyl (C=O) groups excluding carboxylic acids is 2. The Bertz CT molecular complexity index is 528. The lowest BCUT2D eigenvalue weighted by molar-refractivity contribution is -0.121. The molecule has 0 atom stereocenters. The van der Waals surface area contributed by atoms with Crippen LogP contribution < -0.4 is 16.0 Å². The van der Waals surface area contributed by atoms with Crippen molar-refractivity contribution in [1.82, 2.24) is 10.9 Å². The number of nitrogens with one attached hydrogen (secondary N) is 2. The minimum atomic E-state index is -1.32. The number of carbonyl (C=O) groups is 2. The maximum atomic E-state index is 11.8. The monoisotopic (exact) mass is 322 g/mol. The Morgan fingerprint density at radius 2 is 1.59 bits per heavy atom. The molecule has 0 aromatic heterocycles. The SMILES string of the molecule is CC(C)(C)OC(=O)NNC(=O)Cc1ccc([Si](C)(C)C)cc1. The van der Waals surface area contributed by atoms with Gasteiger partial charge >= 0.3 is 6.09 Å². The Hall–Kier alpha value is -1.82. The summed E-state index contributed by atoms with van der Waals surface area (Å²) < 4.78 is 5.03. The number of hydrazine groups is 1. The summed E-state index contributed by atoms with van der Waals surface area (Å²) >= 11 is 0. The first-order valence-corrected chi connectivity index (χ1v) is 10.8. The Morgan fingerprint density at radius 1 is 1.05 bits per heavy atom. The summed E-state index contributed by atoms with van der Waals surface area (Å²) in [5, 5.41) is 1.35. The van der Waals surface area contributed by atoms with Crippen molar-refractivity contribution in [3.63, 3.8) is 0 Å². The Balaban J connectivity index is 2.47. The zero-order valence-electron chi connectivity index (χ0n) is 14.2. The van der Waals surface area contributed by atoms with Gasteiger partial charge in [-0.15, -0.1) is 0 Å². The van der Waals surface area contributed by atoms with Crippen molar-refractivity contribution >= 4 is 25.3 Å². The van der Waals surface area contributed by atoms with Crippen LogP contribution in [0.25, 0.3) is 0 Å². The summed E-state index contributed by atoms with van der Waals surface area (Å²) in [7, 11) is -1.32. The van der Waals surface area contributed by atoms with E-state index in [0.29, 0.717) is 0 Å². The minimum absolute atomic E-state index is 0.210. The average molecular weight is 322 g/mol. The second-order valence-corrected chi connectivity index (χ2v) is 12.4. The molecule has 2 amide bonds. The van der Waals surface area contributed by atoms with E-state index < -0.39 is 19.8 Å². The van der Waals surface area contributed by atoms with Crippen LogP contribution in [0.3, 0.4) is 0 Å². The zero-order chi connectivity index (χ0) is 17.0. The molecule has 0 radical (unpaired) electrons. The van der Waals surface area contributed by atoms with E-state index in [0.717, 1.165) is 5.56 Å². The molecule has 0 heterocycles. The van der Waals surface area contributed by atoms with Gasteiger partial charge in [0.05, 0.1) is 14.5 Å². The fraction of sp³-hybridized carbons (Fsp3) is 0.500. The van der Waals surface area contributed by atoms with E-state index in [1.165, 1.54) is 5.19 Å². The van der Waals surface area contributed by atoms with Gasteiger partial charge in [0.25, 0.3) is 0 Å². The van der Waals surface area contributed by atoms with E-state index in [1.54, 1.807) is 20.8 Å². The van der Waals surface area contributed by atoms with Gasteiger partial charge in [0, 0.05) is 0 Å². The van der Waals surface area contributed by atoms with Crippen LogP contribution >= 0.6 is 0 Å². The summed E-state index contributed by atoms with van der Waals surface area (Å²) in [4.78, 5) is 23.2. The van der Waals surface area contributed by atoms with Gasteiger partial charge in [-0.3, -0.25) is 10.2 Å². The highest BCUT2D eigenvalue weighted by atomic mass is 28.3. The highest BCUT2D eigenvalue weighted by Gasteiger charge is 2.17. The number of hydrogen-bond donors (Lipinski definition) is 2. The summed E-state index contributed by atoms with van der Waals surface area (Å²) in [5.41, 5.74) is 4.90. The van der Waals surface area contributed by atoms with Gasteiger partial charge in [0.15, 0.2) is 0 Å². The van der Waals surface area contributed by atoms with Crippen LogP contribution in [0.5, 0.6) is 0 Å². The van der Waals surface area contributed by atoms with E-state index in [9.17, 15) is 9.59 Å². The normalized spacial score (nSPS) is 11.7. The van der Waals surface area contributed by atoms with Crippen molar-refractivity contribution in [3.05, 3.63) is 29.8 Å². The highest BCUT2D eigenvalue weighted by molar-refractivity contribution is 6.88. The smallest absolute Gasteiger partial charge is 0.426 e. The average Bonchev–Trinajstić information content (AvgIpc) is 2.34. The third-order valence-electron chi connectivity index (χ3n) is 2.89. The number of benzene rings is 1. The van der Waals surface area contributed by atoms with Crippen molar-refractivity contribution < 1.29 is 14.3 Å². The molecule has 0 unspecified atom stereocenters. The predicted octanol–water partition coefficient (Wildman–Crippen LogP) is 2.33.